The average Bonchev–Trinajstić information content (AvgIpc) is 2.45. The predicted octanol–water partition coefficient (Wildman–Crippen LogP) is 5.08. The molecular formula is C17H28BrNO. The Hall–Kier alpha value is -0.540. The van der Waals surface area contributed by atoms with Gasteiger partial charge in [-0.2, -0.15) is 0 Å². The molecule has 0 fully saturated rings. The molecule has 1 aromatic rings. The van der Waals surface area contributed by atoms with Gasteiger partial charge in [-0.15, -0.1) is 0 Å². The second-order valence-electron chi connectivity index (χ2n) is 5.48. The highest BCUT2D eigenvalue weighted by Gasteiger charge is 2.08. The van der Waals surface area contributed by atoms with Gasteiger partial charge in [-0.25, -0.2) is 0 Å². The summed E-state index contributed by atoms with van der Waals surface area (Å²) in [5.41, 5.74) is 7.48. The number of nitrogens with two attached hydrogens (primary N) is 1. The molecule has 0 bridgehead atoms. The van der Waals surface area contributed by atoms with E-state index < -0.39 is 0 Å². The van der Waals surface area contributed by atoms with Gasteiger partial charge in [0.15, 0.2) is 0 Å². The monoisotopic (exact) mass is 341 g/mol. The fourth-order valence-corrected chi connectivity index (χ4v) is 2.81. The Morgan fingerprint density at radius 3 is 2.55 bits per heavy atom. The fraction of sp³-hybridized carbons (Fsp3) is 0.647. The zero-order valence-electron chi connectivity index (χ0n) is 12.8. The summed E-state index contributed by atoms with van der Waals surface area (Å²) in [5, 5.41) is 0. The van der Waals surface area contributed by atoms with Crippen molar-refractivity contribution in [2.75, 3.05) is 7.11 Å². The van der Waals surface area contributed by atoms with Crippen molar-refractivity contribution in [1.82, 2.24) is 0 Å². The summed E-state index contributed by atoms with van der Waals surface area (Å²) in [6.07, 6.45) is 9.96. The number of hydrogen-bond acceptors (Lipinski definition) is 2. The standard InChI is InChI=1S/C17H28BrNO/c1-3-4-5-6-7-8-9-15(19)12-14-13-16(20-2)10-11-17(14)18/h10-11,13,15H,3-9,12,19H2,1-2H3. The van der Waals surface area contributed by atoms with E-state index in [1.165, 1.54) is 44.1 Å². The summed E-state index contributed by atoms with van der Waals surface area (Å²) in [5.74, 6) is 0.898. The Labute approximate surface area is 132 Å². The third-order valence-corrected chi connectivity index (χ3v) is 4.44. The van der Waals surface area contributed by atoms with Gasteiger partial charge in [0, 0.05) is 10.5 Å². The SMILES string of the molecule is CCCCCCCCC(N)Cc1cc(OC)ccc1Br. The lowest BCUT2D eigenvalue weighted by Crippen LogP contribution is -2.22. The van der Waals surface area contributed by atoms with Gasteiger partial charge in [-0.1, -0.05) is 61.4 Å². The highest BCUT2D eigenvalue weighted by molar-refractivity contribution is 9.10. The van der Waals surface area contributed by atoms with Gasteiger partial charge in [0.25, 0.3) is 0 Å². The van der Waals surface area contributed by atoms with Crippen molar-refractivity contribution in [1.29, 1.82) is 0 Å². The third kappa shape index (κ3) is 6.76. The zero-order chi connectivity index (χ0) is 14.8. The van der Waals surface area contributed by atoms with Crippen molar-refractivity contribution >= 4 is 15.9 Å². The van der Waals surface area contributed by atoms with Gasteiger partial charge in [0.2, 0.25) is 0 Å². The largest absolute Gasteiger partial charge is 0.497 e. The van der Waals surface area contributed by atoms with Gasteiger partial charge in [0.1, 0.15) is 5.75 Å². The van der Waals surface area contributed by atoms with E-state index in [4.69, 9.17) is 10.5 Å². The van der Waals surface area contributed by atoms with Crippen molar-refractivity contribution in [3.8, 4) is 5.75 Å². The Morgan fingerprint density at radius 2 is 1.85 bits per heavy atom. The van der Waals surface area contributed by atoms with E-state index in [1.807, 2.05) is 12.1 Å². The van der Waals surface area contributed by atoms with E-state index in [9.17, 15) is 0 Å². The molecule has 2 N–H and O–H groups in total. The van der Waals surface area contributed by atoms with Crippen LogP contribution in [0.25, 0.3) is 0 Å². The van der Waals surface area contributed by atoms with Crippen LogP contribution in [0.2, 0.25) is 0 Å². The third-order valence-electron chi connectivity index (χ3n) is 3.66. The normalized spacial score (nSPS) is 12.4. The number of rotatable bonds is 10. The molecule has 0 aromatic heterocycles. The highest BCUT2D eigenvalue weighted by atomic mass is 79.9. The van der Waals surface area contributed by atoms with Gasteiger partial charge in [-0.3, -0.25) is 0 Å². The van der Waals surface area contributed by atoms with Crippen molar-refractivity contribution in [3.05, 3.63) is 28.2 Å². The van der Waals surface area contributed by atoms with E-state index in [-0.39, 0.29) is 6.04 Å². The molecule has 0 radical (unpaired) electrons. The minimum absolute atomic E-state index is 0.240. The van der Waals surface area contributed by atoms with Crippen LogP contribution in [0.1, 0.15) is 57.4 Å². The molecule has 114 valence electrons. The minimum atomic E-state index is 0.240. The van der Waals surface area contributed by atoms with Crippen LogP contribution in [0.5, 0.6) is 5.75 Å². The fourth-order valence-electron chi connectivity index (χ4n) is 2.41. The number of hydrogen-bond donors (Lipinski definition) is 1. The van der Waals surface area contributed by atoms with Crippen LogP contribution < -0.4 is 10.5 Å². The first-order valence-corrected chi connectivity index (χ1v) is 8.54. The summed E-state index contributed by atoms with van der Waals surface area (Å²) in [6.45, 7) is 2.25. The number of benzene rings is 1. The topological polar surface area (TPSA) is 35.2 Å². The van der Waals surface area contributed by atoms with E-state index in [1.54, 1.807) is 7.11 Å². The molecule has 0 saturated carbocycles. The van der Waals surface area contributed by atoms with Crippen LogP contribution in [0.4, 0.5) is 0 Å². The number of ether oxygens (including phenoxy) is 1. The van der Waals surface area contributed by atoms with Gasteiger partial charge in [0.05, 0.1) is 7.11 Å². The van der Waals surface area contributed by atoms with Gasteiger partial charge in [-0.05, 0) is 36.6 Å². The molecule has 1 unspecified atom stereocenters. The van der Waals surface area contributed by atoms with Crippen LogP contribution in [0, 0.1) is 0 Å². The lowest BCUT2D eigenvalue weighted by Gasteiger charge is -2.13. The zero-order valence-corrected chi connectivity index (χ0v) is 14.4. The van der Waals surface area contributed by atoms with Gasteiger partial charge >= 0.3 is 0 Å². The summed E-state index contributed by atoms with van der Waals surface area (Å²) in [6, 6.07) is 6.31. The van der Waals surface area contributed by atoms with Crippen molar-refractivity contribution in [2.24, 2.45) is 5.73 Å². The maximum Gasteiger partial charge on any atom is 0.119 e. The number of methoxy groups -OCH3 is 1. The van der Waals surface area contributed by atoms with Crippen molar-refractivity contribution < 1.29 is 4.74 Å². The number of halogens is 1. The second-order valence-corrected chi connectivity index (χ2v) is 6.33. The van der Waals surface area contributed by atoms with E-state index in [0.717, 1.165) is 23.1 Å². The molecule has 0 aliphatic carbocycles. The predicted molar refractivity (Wildman–Crippen MR) is 90.4 cm³/mol. The molecule has 1 atom stereocenters. The molecule has 2 nitrogen and oxygen atoms in total. The van der Waals surface area contributed by atoms with Crippen LogP contribution >= 0.6 is 15.9 Å². The maximum absolute atomic E-state index is 6.25. The summed E-state index contributed by atoms with van der Waals surface area (Å²) >= 11 is 3.59. The lowest BCUT2D eigenvalue weighted by molar-refractivity contribution is 0.414. The molecule has 20 heavy (non-hydrogen) atoms. The molecule has 0 heterocycles. The van der Waals surface area contributed by atoms with Crippen LogP contribution in [-0.2, 0) is 6.42 Å². The molecule has 3 heteroatoms. The molecule has 0 aliphatic heterocycles. The average molecular weight is 342 g/mol. The van der Waals surface area contributed by atoms with E-state index in [2.05, 4.69) is 28.9 Å². The molecule has 0 saturated heterocycles. The maximum atomic E-state index is 6.25. The molecule has 0 amide bonds. The Balaban J connectivity index is 2.29. The van der Waals surface area contributed by atoms with Crippen LogP contribution in [0.3, 0.4) is 0 Å². The molecule has 0 aliphatic rings. The van der Waals surface area contributed by atoms with E-state index >= 15 is 0 Å². The minimum Gasteiger partial charge on any atom is -0.497 e. The molecule has 0 spiro atoms. The summed E-state index contributed by atoms with van der Waals surface area (Å²) < 4.78 is 6.39. The Kier molecular flexibility index (Phi) is 8.95. The van der Waals surface area contributed by atoms with Gasteiger partial charge < -0.3 is 10.5 Å². The second kappa shape index (κ2) is 10.2. The molecule has 1 rings (SSSR count). The van der Waals surface area contributed by atoms with Crippen molar-refractivity contribution in [3.63, 3.8) is 0 Å². The first-order chi connectivity index (χ1) is 9.67. The Morgan fingerprint density at radius 1 is 1.15 bits per heavy atom. The lowest BCUT2D eigenvalue weighted by atomic mass is 10.0. The Bertz CT molecular complexity index is 381. The highest BCUT2D eigenvalue weighted by Crippen LogP contribution is 2.24. The van der Waals surface area contributed by atoms with Crippen LogP contribution in [-0.4, -0.2) is 13.2 Å². The van der Waals surface area contributed by atoms with Crippen LogP contribution in [0.15, 0.2) is 22.7 Å². The first kappa shape index (κ1) is 17.5. The first-order valence-electron chi connectivity index (χ1n) is 7.75. The smallest absolute Gasteiger partial charge is 0.119 e. The summed E-state index contributed by atoms with van der Waals surface area (Å²) in [4.78, 5) is 0. The molecular weight excluding hydrogens is 314 g/mol. The molecule has 1 aromatic carbocycles. The number of unbranched alkanes of at least 4 members (excludes halogenated alkanes) is 5. The quantitative estimate of drug-likeness (QED) is 0.602. The van der Waals surface area contributed by atoms with Crippen molar-refractivity contribution in [2.45, 2.75) is 64.3 Å². The van der Waals surface area contributed by atoms with E-state index in [0.29, 0.717) is 0 Å². The summed E-state index contributed by atoms with van der Waals surface area (Å²) in [7, 11) is 1.70.